The van der Waals surface area contributed by atoms with Gasteiger partial charge in [-0.15, -0.1) is 0 Å². The van der Waals surface area contributed by atoms with E-state index in [1.807, 2.05) is 0 Å². The first-order chi connectivity index (χ1) is 12.8. The molecule has 0 radical (unpaired) electrons. The van der Waals surface area contributed by atoms with E-state index in [1.165, 1.54) is 20.2 Å². The third-order valence-electron chi connectivity index (χ3n) is 5.02. The number of nitrogens with zero attached hydrogens (tertiary/aromatic N) is 1. The number of halogens is 3. The Morgan fingerprint density at radius 2 is 1.89 bits per heavy atom. The number of Topliss-reactive ketones (excluding diaryl/α,β-unsaturated/α-hetero) is 1. The fourth-order valence-corrected chi connectivity index (χ4v) is 4.44. The van der Waals surface area contributed by atoms with E-state index in [1.54, 1.807) is 0 Å². The lowest BCUT2D eigenvalue weighted by molar-refractivity contribution is -0.131. The predicted molar refractivity (Wildman–Crippen MR) is 105 cm³/mol. The maximum Gasteiger partial charge on any atom is 0.287 e. The summed E-state index contributed by atoms with van der Waals surface area (Å²) in [5, 5.41) is -0.0401. The van der Waals surface area contributed by atoms with Crippen LogP contribution < -0.4 is 9.47 Å². The topological polar surface area (TPSA) is 55.8 Å². The smallest absolute Gasteiger partial charge is 0.287 e. The van der Waals surface area contributed by atoms with Crippen LogP contribution in [0.2, 0.25) is 5.02 Å². The minimum absolute atomic E-state index is 0.134. The Balaban J connectivity index is 2.09. The van der Waals surface area contributed by atoms with Crippen LogP contribution in [0.25, 0.3) is 0 Å². The van der Waals surface area contributed by atoms with Crippen LogP contribution >= 0.6 is 34.8 Å². The fourth-order valence-electron chi connectivity index (χ4n) is 3.55. The Kier molecular flexibility index (Phi) is 5.67. The summed E-state index contributed by atoms with van der Waals surface area (Å²) < 4.78 is 11.5. The van der Waals surface area contributed by atoms with E-state index in [0.29, 0.717) is 28.5 Å². The van der Waals surface area contributed by atoms with Gasteiger partial charge in [0.25, 0.3) is 11.6 Å². The van der Waals surface area contributed by atoms with Crippen LogP contribution in [0.4, 0.5) is 0 Å². The fraction of sp³-hybridized carbons (Fsp3) is 0.474. The van der Waals surface area contributed by atoms with E-state index in [9.17, 15) is 9.59 Å². The number of benzene rings is 1. The van der Waals surface area contributed by atoms with Crippen molar-refractivity contribution in [1.82, 2.24) is 4.90 Å². The number of methoxy groups -OCH3 is 1. The number of hydrogen-bond donors (Lipinski definition) is 0. The standard InChI is InChI=1S/C19H20Cl3NO4/c1-4-5-6-7-8-10-14-11(9-12(20)15(10)26-3)17(24)19(27-14)16(22)13(21)18(25)23(19)2/h9H,4-8H2,1-3H3. The van der Waals surface area contributed by atoms with E-state index in [4.69, 9.17) is 44.3 Å². The zero-order valence-electron chi connectivity index (χ0n) is 15.3. The molecule has 2 heterocycles. The van der Waals surface area contributed by atoms with Crippen molar-refractivity contribution in [2.75, 3.05) is 14.2 Å². The average molecular weight is 433 g/mol. The molecule has 1 spiro atoms. The third-order valence-corrected chi connectivity index (χ3v) is 6.20. The highest BCUT2D eigenvalue weighted by molar-refractivity contribution is 6.51. The molecule has 0 fully saturated rings. The number of hydrogen-bond acceptors (Lipinski definition) is 4. The molecule has 2 aliphatic rings. The highest BCUT2D eigenvalue weighted by Gasteiger charge is 2.62. The Bertz CT molecular complexity index is 852. The number of carbonyl (C=O) groups excluding carboxylic acids is 2. The molecule has 2 aliphatic heterocycles. The van der Waals surface area contributed by atoms with Crippen LogP contribution in [0, 0.1) is 0 Å². The molecular weight excluding hydrogens is 413 g/mol. The molecule has 1 amide bonds. The molecule has 1 aromatic carbocycles. The number of unbranched alkanes of at least 4 members (excludes halogenated alkanes) is 3. The summed E-state index contributed by atoms with van der Waals surface area (Å²) in [4.78, 5) is 26.6. The van der Waals surface area contributed by atoms with Gasteiger partial charge in [0.05, 0.1) is 17.7 Å². The van der Waals surface area contributed by atoms with Gasteiger partial charge < -0.3 is 9.47 Å². The number of fused-ring (bicyclic) bond motifs is 1. The lowest BCUT2D eigenvalue weighted by atomic mass is 9.98. The van der Waals surface area contributed by atoms with Crippen LogP contribution in [0.5, 0.6) is 11.5 Å². The second kappa shape index (κ2) is 7.53. The predicted octanol–water partition coefficient (Wildman–Crippen LogP) is 4.90. The molecule has 1 aromatic rings. The van der Waals surface area contributed by atoms with E-state index < -0.39 is 17.4 Å². The lowest BCUT2D eigenvalue weighted by Crippen LogP contribution is -2.53. The Morgan fingerprint density at radius 3 is 2.44 bits per heavy atom. The van der Waals surface area contributed by atoms with Gasteiger partial charge in [-0.2, -0.15) is 0 Å². The summed E-state index contributed by atoms with van der Waals surface area (Å²) in [6.07, 6.45) is 4.76. The Hall–Kier alpha value is -1.43. The van der Waals surface area contributed by atoms with E-state index >= 15 is 0 Å². The highest BCUT2D eigenvalue weighted by atomic mass is 35.5. The number of ketones is 1. The molecule has 0 saturated carbocycles. The van der Waals surface area contributed by atoms with E-state index in [-0.39, 0.29) is 15.6 Å². The molecule has 0 saturated heterocycles. The molecule has 1 atom stereocenters. The van der Waals surface area contributed by atoms with Gasteiger partial charge in [-0.25, -0.2) is 0 Å². The van der Waals surface area contributed by atoms with Crippen LogP contribution in [0.15, 0.2) is 16.1 Å². The van der Waals surface area contributed by atoms with E-state index in [0.717, 1.165) is 30.6 Å². The van der Waals surface area contributed by atoms with Crippen molar-refractivity contribution in [3.8, 4) is 11.5 Å². The van der Waals surface area contributed by atoms with Crippen molar-refractivity contribution in [3.63, 3.8) is 0 Å². The number of likely N-dealkylation sites (N-methyl/N-ethyl adjacent to an activating group) is 1. The number of amides is 1. The van der Waals surface area contributed by atoms with Crippen molar-refractivity contribution < 1.29 is 19.1 Å². The maximum absolute atomic E-state index is 13.2. The van der Waals surface area contributed by atoms with Gasteiger partial charge >= 0.3 is 0 Å². The summed E-state index contributed by atoms with van der Waals surface area (Å²) in [5.74, 6) is -0.212. The zero-order valence-corrected chi connectivity index (χ0v) is 17.6. The molecule has 1 unspecified atom stereocenters. The molecule has 8 heteroatoms. The van der Waals surface area contributed by atoms with Crippen molar-refractivity contribution in [2.45, 2.75) is 44.8 Å². The van der Waals surface area contributed by atoms with Gasteiger partial charge in [0.1, 0.15) is 21.6 Å². The molecular formula is C19H20Cl3NO4. The molecule has 0 bridgehead atoms. The van der Waals surface area contributed by atoms with Gasteiger partial charge in [0.2, 0.25) is 5.78 Å². The maximum atomic E-state index is 13.2. The summed E-state index contributed by atoms with van der Waals surface area (Å²) in [5.41, 5.74) is -0.795. The first-order valence-electron chi connectivity index (χ1n) is 8.78. The van der Waals surface area contributed by atoms with Gasteiger partial charge in [-0.3, -0.25) is 14.5 Å². The van der Waals surface area contributed by atoms with Crippen molar-refractivity contribution >= 4 is 46.5 Å². The van der Waals surface area contributed by atoms with Crippen molar-refractivity contribution in [2.24, 2.45) is 0 Å². The monoisotopic (exact) mass is 431 g/mol. The van der Waals surface area contributed by atoms with Crippen LogP contribution in [-0.4, -0.2) is 36.5 Å². The molecule has 3 rings (SSSR count). The minimum Gasteiger partial charge on any atom is -0.495 e. The number of rotatable bonds is 6. The molecule has 0 aromatic heterocycles. The quantitative estimate of drug-likeness (QED) is 0.600. The number of carbonyl (C=O) groups is 2. The van der Waals surface area contributed by atoms with Crippen molar-refractivity contribution in [1.29, 1.82) is 0 Å². The van der Waals surface area contributed by atoms with Crippen LogP contribution in [0.1, 0.15) is 48.5 Å². The van der Waals surface area contributed by atoms with Gasteiger partial charge in [-0.05, 0) is 18.9 Å². The Morgan fingerprint density at radius 1 is 1.19 bits per heavy atom. The third kappa shape index (κ3) is 2.91. The first-order valence-corrected chi connectivity index (χ1v) is 9.91. The van der Waals surface area contributed by atoms with Gasteiger partial charge in [-0.1, -0.05) is 61.0 Å². The average Bonchev–Trinajstić information content (AvgIpc) is 3.03. The molecule has 0 aliphatic carbocycles. The summed E-state index contributed by atoms with van der Waals surface area (Å²) in [7, 11) is 2.95. The molecule has 27 heavy (non-hydrogen) atoms. The normalized spacial score (nSPS) is 21.3. The summed E-state index contributed by atoms with van der Waals surface area (Å²) in [6.45, 7) is 2.13. The van der Waals surface area contributed by atoms with E-state index in [2.05, 4.69) is 6.92 Å². The molecule has 5 nitrogen and oxygen atoms in total. The minimum atomic E-state index is -1.77. The second-order valence-corrected chi connectivity index (χ2v) is 7.79. The first kappa shape index (κ1) is 20.3. The van der Waals surface area contributed by atoms with Gasteiger partial charge in [0.15, 0.2) is 0 Å². The van der Waals surface area contributed by atoms with Crippen molar-refractivity contribution in [3.05, 3.63) is 32.3 Å². The van der Waals surface area contributed by atoms with Gasteiger partial charge in [0, 0.05) is 12.6 Å². The number of ether oxygens (including phenoxy) is 2. The second-order valence-electron chi connectivity index (χ2n) is 6.62. The SMILES string of the molecule is CCCCCCc1c(OC)c(Cl)cc2c1OC1(C2=O)C(Cl)=C(Cl)C(=O)N1C. The van der Waals surface area contributed by atoms with Crippen LogP contribution in [0.3, 0.4) is 0 Å². The molecule has 0 N–H and O–H groups in total. The zero-order chi connectivity index (χ0) is 19.9. The highest BCUT2D eigenvalue weighted by Crippen LogP contribution is 2.52. The largest absolute Gasteiger partial charge is 0.495 e. The summed E-state index contributed by atoms with van der Waals surface area (Å²) >= 11 is 18.7. The molecule has 146 valence electrons. The Labute approximate surface area is 173 Å². The lowest BCUT2D eigenvalue weighted by Gasteiger charge is -2.30. The van der Waals surface area contributed by atoms with Crippen LogP contribution in [-0.2, 0) is 11.2 Å². The summed E-state index contributed by atoms with van der Waals surface area (Å²) in [6, 6.07) is 1.50.